The molecule has 0 aliphatic carbocycles. The average molecular weight is 276 g/mol. The summed E-state index contributed by atoms with van der Waals surface area (Å²) in [6.07, 6.45) is 0. The van der Waals surface area contributed by atoms with Crippen LogP contribution in [0.1, 0.15) is 6.92 Å². The maximum Gasteiger partial charge on any atom is 0.238 e. The van der Waals surface area contributed by atoms with Crippen LogP contribution in [-0.4, -0.2) is 55.5 Å². The van der Waals surface area contributed by atoms with Crippen molar-refractivity contribution in [3.8, 4) is 0 Å². The molecular formula is C15H24N4O. The third-order valence-electron chi connectivity index (χ3n) is 3.91. The molecule has 2 atom stereocenters. The Bertz CT molecular complexity index is 475. The predicted octanol–water partition coefficient (Wildman–Crippen LogP) is 1.09. The van der Waals surface area contributed by atoms with Gasteiger partial charge in [0.1, 0.15) is 0 Å². The molecule has 2 rings (SSSR count). The zero-order valence-corrected chi connectivity index (χ0v) is 12.5. The van der Waals surface area contributed by atoms with Crippen molar-refractivity contribution in [2.45, 2.75) is 13.0 Å². The Morgan fingerprint density at radius 1 is 1.40 bits per heavy atom. The number of amides is 1. The topological polar surface area (TPSA) is 61.6 Å². The number of hydrogen-bond donors (Lipinski definition) is 2. The van der Waals surface area contributed by atoms with Crippen LogP contribution in [0.25, 0.3) is 0 Å². The number of carbonyl (C=O) groups excluding carboxylic acids is 1. The lowest BCUT2D eigenvalue weighted by atomic mass is 10.1. The maximum absolute atomic E-state index is 12.1. The summed E-state index contributed by atoms with van der Waals surface area (Å²) < 4.78 is 0. The van der Waals surface area contributed by atoms with Crippen LogP contribution in [0.5, 0.6) is 0 Å². The van der Waals surface area contributed by atoms with E-state index in [1.807, 2.05) is 18.2 Å². The van der Waals surface area contributed by atoms with E-state index in [4.69, 9.17) is 5.73 Å². The number of likely N-dealkylation sites (tertiary alicyclic amines) is 1. The standard InChI is InChI=1S/C15H24N4O/c1-11-8-19(9-14(11)18(2)3)10-15(20)17-13-7-5-4-6-12(13)16/h4-7,11,14H,8-10,16H2,1-3H3,(H,17,20). The second-order valence-electron chi connectivity index (χ2n) is 5.84. The molecule has 1 aliphatic rings. The normalized spacial score (nSPS) is 23.2. The van der Waals surface area contributed by atoms with Crippen molar-refractivity contribution in [1.82, 2.24) is 9.80 Å². The van der Waals surface area contributed by atoms with E-state index in [0.29, 0.717) is 29.9 Å². The molecule has 0 aromatic heterocycles. The summed E-state index contributed by atoms with van der Waals surface area (Å²) >= 11 is 0. The highest BCUT2D eigenvalue weighted by Gasteiger charge is 2.31. The van der Waals surface area contributed by atoms with E-state index in [1.165, 1.54) is 0 Å². The molecule has 1 aromatic rings. The molecule has 2 unspecified atom stereocenters. The van der Waals surface area contributed by atoms with Gasteiger partial charge in [-0.05, 0) is 32.1 Å². The van der Waals surface area contributed by atoms with Crippen LogP contribution < -0.4 is 11.1 Å². The summed E-state index contributed by atoms with van der Waals surface area (Å²) in [6.45, 7) is 4.55. The lowest BCUT2D eigenvalue weighted by Gasteiger charge is -2.22. The zero-order chi connectivity index (χ0) is 14.7. The van der Waals surface area contributed by atoms with E-state index in [1.54, 1.807) is 6.07 Å². The van der Waals surface area contributed by atoms with E-state index < -0.39 is 0 Å². The molecule has 20 heavy (non-hydrogen) atoms. The molecule has 0 bridgehead atoms. The third kappa shape index (κ3) is 3.49. The van der Waals surface area contributed by atoms with Crippen molar-refractivity contribution < 1.29 is 4.79 Å². The SMILES string of the molecule is CC1CN(CC(=O)Nc2ccccc2N)CC1N(C)C. The van der Waals surface area contributed by atoms with Crippen molar-refractivity contribution in [3.05, 3.63) is 24.3 Å². The van der Waals surface area contributed by atoms with Crippen LogP contribution in [0, 0.1) is 5.92 Å². The smallest absolute Gasteiger partial charge is 0.238 e. The highest BCUT2D eigenvalue weighted by atomic mass is 16.2. The molecule has 3 N–H and O–H groups in total. The zero-order valence-electron chi connectivity index (χ0n) is 12.5. The summed E-state index contributed by atoms with van der Waals surface area (Å²) in [4.78, 5) is 16.5. The predicted molar refractivity (Wildman–Crippen MR) is 82.6 cm³/mol. The highest BCUT2D eigenvalue weighted by molar-refractivity contribution is 5.95. The number of para-hydroxylation sites is 2. The summed E-state index contributed by atoms with van der Waals surface area (Å²) in [7, 11) is 4.19. The fourth-order valence-electron chi connectivity index (χ4n) is 2.85. The molecule has 1 fully saturated rings. The first kappa shape index (κ1) is 14.8. The fourth-order valence-corrected chi connectivity index (χ4v) is 2.85. The largest absolute Gasteiger partial charge is 0.397 e. The Hall–Kier alpha value is -1.59. The van der Waals surface area contributed by atoms with Gasteiger partial charge in [0.2, 0.25) is 5.91 Å². The average Bonchev–Trinajstić information content (AvgIpc) is 2.73. The first-order chi connectivity index (χ1) is 9.47. The van der Waals surface area contributed by atoms with E-state index >= 15 is 0 Å². The number of carbonyl (C=O) groups is 1. The van der Waals surface area contributed by atoms with Gasteiger partial charge in [0.05, 0.1) is 17.9 Å². The molecule has 5 heteroatoms. The number of nitrogens with one attached hydrogen (secondary N) is 1. The van der Waals surface area contributed by atoms with Gasteiger partial charge in [-0.1, -0.05) is 19.1 Å². The number of rotatable bonds is 4. The Morgan fingerprint density at radius 2 is 2.10 bits per heavy atom. The summed E-state index contributed by atoms with van der Waals surface area (Å²) in [5, 5.41) is 2.88. The molecule has 1 heterocycles. The fraction of sp³-hybridized carbons (Fsp3) is 0.533. The van der Waals surface area contributed by atoms with Gasteiger partial charge in [-0.15, -0.1) is 0 Å². The van der Waals surface area contributed by atoms with Gasteiger partial charge in [0.15, 0.2) is 0 Å². The number of benzene rings is 1. The Labute approximate surface area is 120 Å². The van der Waals surface area contributed by atoms with Crippen LogP contribution in [0.4, 0.5) is 11.4 Å². The van der Waals surface area contributed by atoms with E-state index in [9.17, 15) is 4.79 Å². The molecule has 1 aliphatic heterocycles. The maximum atomic E-state index is 12.1. The molecule has 0 saturated carbocycles. The number of nitrogens with two attached hydrogens (primary N) is 1. The van der Waals surface area contributed by atoms with Gasteiger partial charge in [0.25, 0.3) is 0 Å². The summed E-state index contributed by atoms with van der Waals surface area (Å²) in [5.41, 5.74) is 7.11. The van der Waals surface area contributed by atoms with Gasteiger partial charge >= 0.3 is 0 Å². The van der Waals surface area contributed by atoms with E-state index in [-0.39, 0.29) is 5.91 Å². The Morgan fingerprint density at radius 3 is 2.70 bits per heavy atom. The summed E-state index contributed by atoms with van der Waals surface area (Å²) in [5.74, 6) is 0.578. The van der Waals surface area contributed by atoms with Crippen molar-refractivity contribution in [1.29, 1.82) is 0 Å². The van der Waals surface area contributed by atoms with Crippen molar-refractivity contribution >= 4 is 17.3 Å². The van der Waals surface area contributed by atoms with E-state index in [2.05, 4.69) is 36.1 Å². The molecular weight excluding hydrogens is 252 g/mol. The quantitative estimate of drug-likeness (QED) is 0.808. The Kier molecular flexibility index (Phi) is 4.62. The number of hydrogen-bond acceptors (Lipinski definition) is 4. The minimum atomic E-state index is -0.00509. The minimum Gasteiger partial charge on any atom is -0.397 e. The molecule has 1 aromatic carbocycles. The molecule has 0 radical (unpaired) electrons. The van der Waals surface area contributed by atoms with E-state index in [0.717, 1.165) is 13.1 Å². The molecule has 1 saturated heterocycles. The van der Waals surface area contributed by atoms with Gasteiger partial charge in [0, 0.05) is 19.1 Å². The van der Waals surface area contributed by atoms with Crippen LogP contribution in [-0.2, 0) is 4.79 Å². The van der Waals surface area contributed by atoms with Gasteiger partial charge in [-0.25, -0.2) is 0 Å². The monoisotopic (exact) mass is 276 g/mol. The number of nitrogens with zero attached hydrogens (tertiary/aromatic N) is 2. The molecule has 1 amide bonds. The van der Waals surface area contributed by atoms with Gasteiger partial charge < -0.3 is 16.0 Å². The number of nitrogen functional groups attached to an aromatic ring is 1. The number of anilines is 2. The van der Waals surface area contributed by atoms with Gasteiger partial charge in [-0.2, -0.15) is 0 Å². The third-order valence-corrected chi connectivity index (χ3v) is 3.91. The second kappa shape index (κ2) is 6.24. The second-order valence-corrected chi connectivity index (χ2v) is 5.84. The lowest BCUT2D eigenvalue weighted by Crippen LogP contribution is -2.36. The lowest BCUT2D eigenvalue weighted by molar-refractivity contribution is -0.117. The van der Waals surface area contributed by atoms with Crippen LogP contribution in [0.2, 0.25) is 0 Å². The van der Waals surface area contributed by atoms with Crippen molar-refractivity contribution in [3.63, 3.8) is 0 Å². The Balaban J connectivity index is 1.89. The highest BCUT2D eigenvalue weighted by Crippen LogP contribution is 2.20. The first-order valence-corrected chi connectivity index (χ1v) is 7.00. The minimum absolute atomic E-state index is 0.00509. The van der Waals surface area contributed by atoms with Gasteiger partial charge in [-0.3, -0.25) is 9.69 Å². The van der Waals surface area contributed by atoms with Crippen molar-refractivity contribution in [2.24, 2.45) is 5.92 Å². The summed E-state index contributed by atoms with van der Waals surface area (Å²) in [6, 6.07) is 7.85. The molecule has 0 spiro atoms. The van der Waals surface area contributed by atoms with Crippen LogP contribution in [0.3, 0.4) is 0 Å². The van der Waals surface area contributed by atoms with Crippen LogP contribution >= 0.6 is 0 Å². The van der Waals surface area contributed by atoms with Crippen LogP contribution in [0.15, 0.2) is 24.3 Å². The molecule has 110 valence electrons. The number of likely N-dealkylation sites (N-methyl/N-ethyl adjacent to an activating group) is 1. The van der Waals surface area contributed by atoms with Crippen molar-refractivity contribution in [2.75, 3.05) is 44.8 Å². The molecule has 5 nitrogen and oxygen atoms in total. The first-order valence-electron chi connectivity index (χ1n) is 7.00.